The van der Waals surface area contributed by atoms with Gasteiger partial charge in [0.2, 0.25) is 0 Å². The van der Waals surface area contributed by atoms with Gasteiger partial charge in [0.05, 0.1) is 45.2 Å². The lowest BCUT2D eigenvalue weighted by Crippen LogP contribution is -2.49. The van der Waals surface area contributed by atoms with Crippen molar-refractivity contribution < 1.29 is 49.7 Å². The molecule has 0 radical (unpaired) electrons. The van der Waals surface area contributed by atoms with Crippen LogP contribution >= 0.6 is 11.3 Å². The minimum atomic E-state index is -3.13. The van der Waals surface area contributed by atoms with Crippen molar-refractivity contribution >= 4 is 112 Å². The number of nitrogens with zero attached hydrogens (tertiary/aromatic N) is 9. The molecule has 0 fully saturated rings. The molecule has 0 N–H and O–H groups in total. The number of fused-ring (bicyclic) bond motifs is 16. The van der Waals surface area contributed by atoms with Crippen LogP contribution in [0.4, 0.5) is 0 Å². The Morgan fingerprint density at radius 1 is 0.235 bits per heavy atom. The van der Waals surface area contributed by atoms with E-state index in [1.807, 2.05) is 183 Å². The predicted molar refractivity (Wildman–Crippen MR) is 570 cm³/mol. The van der Waals surface area contributed by atoms with Gasteiger partial charge in [0.1, 0.15) is 27.3 Å². The Morgan fingerprint density at radius 2 is 0.706 bits per heavy atom. The summed E-state index contributed by atoms with van der Waals surface area (Å²) in [6.45, 7) is 8.33. The van der Waals surface area contributed by atoms with Gasteiger partial charge in [-0.05, 0) is 134 Å². The Morgan fingerprint density at radius 3 is 1.38 bits per heavy atom. The van der Waals surface area contributed by atoms with Gasteiger partial charge in [-0.15, -0.1) is 11.3 Å². The Balaban J connectivity index is 0.000000131. The number of furan rings is 1. The van der Waals surface area contributed by atoms with Crippen molar-refractivity contribution in [2.75, 3.05) is 0 Å². The largest absolute Gasteiger partial charge is 0.455 e. The maximum Gasteiger partial charge on any atom is 0.164 e. The molecule has 0 saturated heterocycles. The topological polar surface area (TPSA) is 129 Å². The average Bonchev–Trinajstić information content (AvgIpc) is 1.51. The molecule has 13 heteroatoms. The summed E-state index contributed by atoms with van der Waals surface area (Å²) < 4.78 is 295. The van der Waals surface area contributed by atoms with Crippen LogP contribution in [0.3, 0.4) is 0 Å². The van der Waals surface area contributed by atoms with Crippen molar-refractivity contribution in [3.63, 3.8) is 0 Å². The van der Waals surface area contributed by atoms with Crippen molar-refractivity contribution in [3.8, 4) is 169 Å². The van der Waals surface area contributed by atoms with Crippen LogP contribution in [0.2, 0.25) is 26.2 Å². The molecule has 0 bridgehead atoms. The second-order valence-electron chi connectivity index (χ2n) is 33.3. The molecule has 0 atom stereocenters. The third-order valence-electron chi connectivity index (χ3n) is 24.4. The summed E-state index contributed by atoms with van der Waals surface area (Å²) in [5.41, 5.74) is 5.87. The van der Waals surface area contributed by atoms with Gasteiger partial charge in [-0.25, -0.2) is 44.9 Å². The molecular weight excluding hydrogens is 1710 g/mol. The molecule has 19 aromatic carbocycles. The summed E-state index contributed by atoms with van der Waals surface area (Å²) >= 11 is 1.65. The summed E-state index contributed by atoms with van der Waals surface area (Å²) in [5, 5.41) is 9.36. The fourth-order valence-corrected chi connectivity index (χ4v) is 24.9. The van der Waals surface area contributed by atoms with E-state index in [4.69, 9.17) is 82.7 Å². The van der Waals surface area contributed by atoms with Gasteiger partial charge in [-0.2, -0.15) is 0 Å². The molecule has 2 aliphatic heterocycles. The van der Waals surface area contributed by atoms with Crippen LogP contribution in [-0.4, -0.2) is 61.0 Å². The highest BCUT2D eigenvalue weighted by Crippen LogP contribution is 2.47. The Labute approximate surface area is 839 Å². The molecule has 0 unspecified atom stereocenters. The van der Waals surface area contributed by atoms with Gasteiger partial charge in [0.15, 0.2) is 52.4 Å². The lowest BCUT2D eigenvalue weighted by molar-refractivity contribution is 0.670. The highest BCUT2D eigenvalue weighted by atomic mass is 32.1. The van der Waals surface area contributed by atoms with E-state index >= 15 is 0 Å². The molecule has 0 aliphatic carbocycles. The van der Waals surface area contributed by atoms with Crippen LogP contribution in [0.15, 0.2) is 446 Å². The molecule has 10 nitrogen and oxygen atoms in total. The van der Waals surface area contributed by atoms with Crippen LogP contribution in [0.5, 0.6) is 0 Å². The van der Waals surface area contributed by atoms with E-state index in [2.05, 4.69) is 66.6 Å². The van der Waals surface area contributed by atoms with Gasteiger partial charge in [-0.1, -0.05) is 432 Å². The number of hydrogen-bond donors (Lipinski definition) is 0. The summed E-state index contributed by atoms with van der Waals surface area (Å²) in [7, 11) is -5.44. The molecule has 26 rings (SSSR count). The van der Waals surface area contributed by atoms with Crippen LogP contribution < -0.4 is 20.7 Å². The maximum atomic E-state index is 9.61. The van der Waals surface area contributed by atoms with Crippen molar-refractivity contribution in [2.24, 2.45) is 0 Å². The second kappa shape index (κ2) is 34.4. The first-order valence-electron chi connectivity index (χ1n) is 59.8. The molecule has 7 heterocycles. The Bertz CT molecular complexity index is 10900. The fraction of sp³-hybridized carbons (Fsp3) is 0.0325. The molecule has 5 aromatic heterocycles. The SMILES string of the molecule is [2H]c1c(-c2nc(-c3ccccc3)nc(-c3cccc4ccc5c6ccccc6sc5c34)n2)cc(-c2c([2H])c([2H])c([2H])c([2H])c2[2H])cc1-c1c([2H])c([2H])c([2H])c([2H])c1[2H].[2H]c1c([2H])c(-c2nc(-c3ccccc3)nc(-c3ccc(-c4ccccc4)cc3)n2)c2c(c1[2H])[Si](C)(C)c1c([2H])c([2H])c3c(oc4c([2H])c([2H])c([2H])c([2H])c43)c1-2.[2H]c1cc(-c2c([2H])c([2H])c(-c3nc(-c4cccc5c4-c4cc6ccccc6cc4[Si]5(C)C)nc(-c4c([2H])c([2H])c([2H])c([2H])c4[2H])n3)c([2H])c2[2H])c([2H])c([2H])c1[2H]. The first-order chi connectivity index (χ1) is 80.6. The minimum Gasteiger partial charge on any atom is -0.455 e. The molecule has 2 aliphatic rings. The Kier molecular flexibility index (Phi) is 13.7. The molecule has 0 saturated carbocycles. The monoisotopic (exact) mass is 1820 g/mol. The quantitative estimate of drug-likeness (QED) is 0.103. The van der Waals surface area contributed by atoms with E-state index in [1.165, 1.54) is 17.3 Å². The van der Waals surface area contributed by atoms with E-state index in [0.29, 0.717) is 61.0 Å². The minimum absolute atomic E-state index is 0.0117. The number of thiophene rings is 1. The first-order valence-corrected chi connectivity index (χ1v) is 50.2. The van der Waals surface area contributed by atoms with E-state index in [9.17, 15) is 6.85 Å². The van der Waals surface area contributed by atoms with Gasteiger partial charge in [0, 0.05) is 92.0 Å². The second-order valence-corrected chi connectivity index (χ2v) is 42.9. The summed E-state index contributed by atoms with van der Waals surface area (Å²) in [5.74, 6) is 0.528. The molecule has 136 heavy (non-hydrogen) atoms. The highest BCUT2D eigenvalue weighted by molar-refractivity contribution is 7.26. The zero-order valence-corrected chi connectivity index (χ0v) is 75.3. The average molecular weight is 1830 g/mol. The van der Waals surface area contributed by atoms with Gasteiger partial charge >= 0.3 is 0 Å². The Hall–Kier alpha value is -16.8. The standard InChI is InChI=1S/C43H27N3S.C41H29N3OSi.C39H29N3Si/c1-4-13-28(14-5-1)32-25-33(29-15-6-2-7-16-29)27-34(26-32)42-44-41(31-17-8-3-9-18-31)45-43(46-42)37-21-12-19-30-23-24-36-35-20-10-11-22-38(35)47-40(36)39(30)37;1-46(2)34-19-11-17-32(36(34)37-35(46)25-24-31-30-16-9-10-18-33(30)45-38(31)37)41-43-39(28-14-7-4-8-15-28)42-40(44-41)29-22-20-27(21-23-29)26-12-5-3-6-13-26;1-43(2)34-19-11-18-32(36(34)33-24-30-16-9-10-17-31(30)25-35(33)43)39-41-37(28-14-7-4-8-15-28)40-38(42-39)29-22-20-27(21-23-29)26-12-5-3-6-13-26/h1-27H;3-25H,1-2H3;3-25H,1-2H3/i1D,2D,4D,5D,6D,7D,13D,14D,15D,16D,26D;9D,10D,11D,16D,17D,18D,19D,24D,25D;3D,4D,5D,6D,7D,8D,12D,14D,15D,20D,21D,22D,23D. The van der Waals surface area contributed by atoms with Gasteiger partial charge in [0.25, 0.3) is 0 Å². The van der Waals surface area contributed by atoms with Crippen molar-refractivity contribution in [3.05, 3.63) is 442 Å². The molecule has 642 valence electrons. The third kappa shape index (κ3) is 15.1. The fourth-order valence-electron chi connectivity index (χ4n) is 17.9. The smallest absolute Gasteiger partial charge is 0.164 e. The normalized spacial score (nSPS) is 15.9. The number of hydrogen-bond acceptors (Lipinski definition) is 11. The van der Waals surface area contributed by atoms with Crippen molar-refractivity contribution in [2.45, 2.75) is 26.2 Å². The van der Waals surface area contributed by atoms with E-state index in [-0.39, 0.29) is 155 Å². The highest BCUT2D eigenvalue weighted by Gasteiger charge is 2.43. The van der Waals surface area contributed by atoms with Crippen molar-refractivity contribution in [1.82, 2.24) is 44.9 Å². The zero-order valence-electron chi connectivity index (χ0n) is 105. The lowest BCUT2D eigenvalue weighted by atomic mass is 9.95. The number of rotatable bonds is 13. The van der Waals surface area contributed by atoms with Gasteiger partial charge in [-0.3, -0.25) is 0 Å². The van der Waals surface area contributed by atoms with Crippen LogP contribution in [0, 0.1) is 0 Å². The number of aromatic nitrogens is 9. The predicted octanol–water partition coefficient (Wildman–Crippen LogP) is 29.5. The van der Waals surface area contributed by atoms with Crippen LogP contribution in [0.1, 0.15) is 45.2 Å². The van der Waals surface area contributed by atoms with E-state index < -0.39 is 179 Å². The summed E-state index contributed by atoms with van der Waals surface area (Å²) in [6, 6.07) is 59.5. The van der Waals surface area contributed by atoms with Crippen LogP contribution in [0.25, 0.3) is 233 Å². The third-order valence-corrected chi connectivity index (χ3v) is 32.4. The molecular formula is C123H85N9OSSi2. The van der Waals surface area contributed by atoms with Crippen molar-refractivity contribution in [1.29, 1.82) is 0 Å². The van der Waals surface area contributed by atoms with E-state index in [0.717, 1.165) is 75.2 Å². The number of para-hydroxylation sites is 1. The molecule has 0 amide bonds. The zero-order chi connectivity index (χ0) is 120. The molecule has 0 spiro atoms. The maximum absolute atomic E-state index is 9.61. The lowest BCUT2D eigenvalue weighted by Gasteiger charge is -2.19. The van der Waals surface area contributed by atoms with Gasteiger partial charge < -0.3 is 4.42 Å². The first kappa shape index (κ1) is 54.2. The van der Waals surface area contributed by atoms with Crippen LogP contribution in [-0.2, 0) is 0 Å². The van der Waals surface area contributed by atoms with E-state index in [1.54, 1.807) is 17.4 Å². The molecule has 24 aromatic rings. The summed E-state index contributed by atoms with van der Waals surface area (Å²) in [6.07, 6.45) is 0. The summed E-state index contributed by atoms with van der Waals surface area (Å²) in [4.78, 5) is 43.5. The number of benzene rings is 19.